The van der Waals surface area contributed by atoms with Crippen molar-refractivity contribution in [1.82, 2.24) is 9.29 Å². The Hall–Kier alpha value is -3.70. The molecule has 31 heavy (non-hydrogen) atoms. The van der Waals surface area contributed by atoms with E-state index in [1.807, 2.05) is 0 Å². The number of benzene rings is 1. The number of anilines is 1. The van der Waals surface area contributed by atoms with E-state index in [0.717, 1.165) is 15.6 Å². The molecule has 0 saturated carbocycles. The van der Waals surface area contributed by atoms with Crippen LogP contribution in [-0.2, 0) is 14.8 Å². The molecule has 1 amide bonds. The molecule has 0 fully saturated rings. The number of carboxylic acids is 1. The first-order valence-electron chi connectivity index (χ1n) is 8.74. The minimum Gasteiger partial charge on any atom is -0.504 e. The number of hydrogen-bond donors (Lipinski definition) is 3. The summed E-state index contributed by atoms with van der Waals surface area (Å²) in [5, 5.41) is 22.7. The Balaban J connectivity index is 0.000000254. The number of carbonyl (C=O) groups excluding carboxylic acids is 1. The number of amides is 1. The first kappa shape index (κ1) is 22.0. The van der Waals surface area contributed by atoms with Crippen LogP contribution >= 0.6 is 11.3 Å². The number of aliphatic hydroxyl groups is 1. The average molecular weight is 460 g/mol. The predicted octanol–water partition coefficient (Wildman–Crippen LogP) is 3.03. The van der Waals surface area contributed by atoms with E-state index in [9.17, 15) is 23.1 Å². The van der Waals surface area contributed by atoms with Gasteiger partial charge in [-0.2, -0.15) is 0 Å². The Kier molecular flexibility index (Phi) is 6.37. The number of rotatable bonds is 3. The Morgan fingerprint density at radius 2 is 1.74 bits per heavy atom. The van der Waals surface area contributed by atoms with Crippen molar-refractivity contribution < 1.29 is 28.2 Å². The normalized spacial score (nSPS) is 14.2. The van der Waals surface area contributed by atoms with Crippen LogP contribution in [0.1, 0.15) is 15.2 Å². The lowest BCUT2D eigenvalue weighted by molar-refractivity contribution is -0.113. The monoisotopic (exact) mass is 459 g/mol. The highest BCUT2D eigenvalue weighted by atomic mass is 32.2. The number of carboxylic acid groups (broad SMARTS) is 1. The van der Waals surface area contributed by atoms with Gasteiger partial charge in [0.15, 0.2) is 11.5 Å². The molecule has 3 aromatic rings. The first-order valence-corrected chi connectivity index (χ1v) is 11.1. The summed E-state index contributed by atoms with van der Waals surface area (Å²) in [6.07, 6.45) is 1.49. The number of likely N-dealkylation sites (N-methyl/N-ethyl adjacent to an activating group) is 1. The molecule has 1 aliphatic heterocycles. The van der Waals surface area contributed by atoms with Crippen molar-refractivity contribution in [3.63, 3.8) is 0 Å². The highest BCUT2D eigenvalue weighted by Crippen LogP contribution is 2.38. The molecule has 0 spiro atoms. The van der Waals surface area contributed by atoms with Crippen molar-refractivity contribution in [2.75, 3.05) is 12.4 Å². The van der Waals surface area contributed by atoms with Gasteiger partial charge < -0.3 is 15.5 Å². The molecule has 3 heterocycles. The van der Waals surface area contributed by atoms with E-state index in [2.05, 4.69) is 10.3 Å². The van der Waals surface area contributed by atoms with Crippen LogP contribution in [0.25, 0.3) is 5.76 Å². The van der Waals surface area contributed by atoms with Gasteiger partial charge in [0.05, 0.1) is 10.4 Å². The van der Waals surface area contributed by atoms with Crippen LogP contribution in [0.2, 0.25) is 0 Å². The number of aliphatic hydroxyl groups excluding tert-OH is 1. The second-order valence-electron chi connectivity index (χ2n) is 6.12. The third-order valence-corrected chi connectivity index (χ3v) is 7.01. The zero-order chi connectivity index (χ0) is 22.6. The van der Waals surface area contributed by atoms with E-state index in [0.29, 0.717) is 5.56 Å². The van der Waals surface area contributed by atoms with Gasteiger partial charge in [-0.15, -0.1) is 11.3 Å². The number of pyridine rings is 1. The molecule has 4 rings (SSSR count). The standard InChI is InChI=1S/C13H11N3O4S2.C7H6O2/c1-16-10(13(18)15-9-4-2-3-6-14-9)11(17)12-8(5-7-21-12)22(16,19)20;8-7(9)6-4-2-1-3-5-6/h2-7,17H,1H3,(H,14,15,18);1-5H,(H,8,9). The summed E-state index contributed by atoms with van der Waals surface area (Å²) in [5.41, 5.74) is -0.00176. The van der Waals surface area contributed by atoms with Crippen LogP contribution in [-0.4, -0.2) is 46.8 Å². The Labute approximate surface area is 182 Å². The van der Waals surface area contributed by atoms with Crippen molar-refractivity contribution >= 4 is 44.8 Å². The number of nitrogens with zero attached hydrogens (tertiary/aromatic N) is 2. The average Bonchev–Trinajstić information content (AvgIpc) is 3.26. The molecule has 2 aromatic heterocycles. The summed E-state index contributed by atoms with van der Waals surface area (Å²) in [7, 11) is -2.63. The first-order chi connectivity index (χ1) is 14.7. The van der Waals surface area contributed by atoms with Crippen LogP contribution in [0, 0.1) is 0 Å². The summed E-state index contributed by atoms with van der Waals surface area (Å²) in [6, 6.07) is 14.6. The van der Waals surface area contributed by atoms with E-state index in [1.165, 1.54) is 19.3 Å². The lowest BCUT2D eigenvalue weighted by Gasteiger charge is -2.26. The van der Waals surface area contributed by atoms with Crippen LogP contribution in [0.3, 0.4) is 0 Å². The minimum atomic E-state index is -3.85. The molecule has 0 aliphatic carbocycles. The van der Waals surface area contributed by atoms with Crippen LogP contribution in [0.4, 0.5) is 5.82 Å². The number of sulfonamides is 1. The van der Waals surface area contributed by atoms with Gasteiger partial charge in [-0.3, -0.25) is 9.10 Å². The fourth-order valence-corrected chi connectivity index (χ4v) is 5.20. The van der Waals surface area contributed by atoms with E-state index >= 15 is 0 Å². The quantitative estimate of drug-likeness (QED) is 0.547. The van der Waals surface area contributed by atoms with Gasteiger partial charge in [0.1, 0.15) is 10.7 Å². The number of aromatic carboxylic acids is 1. The second-order valence-corrected chi connectivity index (χ2v) is 8.98. The SMILES string of the molecule is CN1C(C(=O)Nc2ccccn2)=C(O)c2sccc2S1(=O)=O.O=C(O)c1ccccc1. The second kappa shape index (κ2) is 8.98. The molecular weight excluding hydrogens is 442 g/mol. The summed E-state index contributed by atoms with van der Waals surface area (Å²) < 4.78 is 25.5. The zero-order valence-corrected chi connectivity index (χ0v) is 17.7. The molecule has 11 heteroatoms. The van der Waals surface area contributed by atoms with Crippen molar-refractivity contribution in [3.8, 4) is 0 Å². The topological polar surface area (TPSA) is 137 Å². The van der Waals surface area contributed by atoms with Crippen molar-refractivity contribution in [1.29, 1.82) is 0 Å². The molecule has 3 N–H and O–H groups in total. The number of nitrogens with one attached hydrogen (secondary N) is 1. The number of thiophene rings is 1. The zero-order valence-electron chi connectivity index (χ0n) is 16.1. The van der Waals surface area contributed by atoms with Gasteiger partial charge in [0.25, 0.3) is 15.9 Å². The Morgan fingerprint density at radius 1 is 1.06 bits per heavy atom. The van der Waals surface area contributed by atoms with E-state index in [1.54, 1.807) is 53.9 Å². The number of aromatic nitrogens is 1. The molecule has 0 atom stereocenters. The van der Waals surface area contributed by atoms with Gasteiger partial charge in [-0.05, 0) is 35.7 Å². The molecule has 1 aliphatic rings. The maximum Gasteiger partial charge on any atom is 0.335 e. The molecule has 0 unspecified atom stereocenters. The van der Waals surface area contributed by atoms with Crippen molar-refractivity contribution in [2.45, 2.75) is 4.90 Å². The highest BCUT2D eigenvalue weighted by molar-refractivity contribution is 7.89. The fraction of sp³-hybridized carbons (Fsp3) is 0.0500. The smallest absolute Gasteiger partial charge is 0.335 e. The molecule has 160 valence electrons. The molecule has 0 saturated heterocycles. The van der Waals surface area contributed by atoms with Crippen LogP contribution in [0.15, 0.2) is 76.8 Å². The van der Waals surface area contributed by atoms with Crippen LogP contribution in [0.5, 0.6) is 0 Å². The lowest BCUT2D eigenvalue weighted by atomic mass is 10.2. The summed E-state index contributed by atoms with van der Waals surface area (Å²) in [4.78, 5) is 26.6. The predicted molar refractivity (Wildman–Crippen MR) is 115 cm³/mol. The molecule has 9 nitrogen and oxygen atoms in total. The van der Waals surface area contributed by atoms with Gasteiger partial charge >= 0.3 is 5.97 Å². The van der Waals surface area contributed by atoms with Crippen molar-refractivity contribution in [3.05, 3.63) is 82.3 Å². The Bertz CT molecular complexity index is 1240. The summed E-state index contributed by atoms with van der Waals surface area (Å²) in [6.45, 7) is 0. The summed E-state index contributed by atoms with van der Waals surface area (Å²) >= 11 is 1.06. The maximum absolute atomic E-state index is 12.4. The molecule has 0 bridgehead atoms. The Morgan fingerprint density at radius 3 is 2.32 bits per heavy atom. The molecule has 1 aromatic carbocycles. The van der Waals surface area contributed by atoms with E-state index < -0.39 is 21.9 Å². The maximum atomic E-state index is 12.4. The highest BCUT2D eigenvalue weighted by Gasteiger charge is 2.38. The third kappa shape index (κ3) is 4.57. The van der Waals surface area contributed by atoms with E-state index in [4.69, 9.17) is 5.11 Å². The van der Waals surface area contributed by atoms with E-state index in [-0.39, 0.29) is 27.0 Å². The molecular formula is C20H17N3O6S2. The largest absolute Gasteiger partial charge is 0.504 e. The van der Waals surface area contributed by atoms with Gasteiger partial charge in [-0.1, -0.05) is 24.3 Å². The third-order valence-electron chi connectivity index (χ3n) is 4.16. The number of fused-ring (bicyclic) bond motifs is 1. The minimum absolute atomic E-state index is 0.00751. The number of carbonyl (C=O) groups is 2. The van der Waals surface area contributed by atoms with Gasteiger partial charge in [0.2, 0.25) is 0 Å². The summed E-state index contributed by atoms with van der Waals surface area (Å²) in [5.74, 6) is -1.73. The fourth-order valence-electron chi connectivity index (χ4n) is 2.64. The molecule has 0 radical (unpaired) electrons. The van der Waals surface area contributed by atoms with Gasteiger partial charge in [0, 0.05) is 13.2 Å². The van der Waals surface area contributed by atoms with Crippen LogP contribution < -0.4 is 5.32 Å². The van der Waals surface area contributed by atoms with Gasteiger partial charge in [-0.25, -0.2) is 18.2 Å². The number of hydrogen-bond acceptors (Lipinski definition) is 7. The van der Waals surface area contributed by atoms with Crippen molar-refractivity contribution in [2.24, 2.45) is 0 Å². The lowest BCUT2D eigenvalue weighted by Crippen LogP contribution is -2.36.